The van der Waals surface area contributed by atoms with Crippen LogP contribution in [0.3, 0.4) is 0 Å². The van der Waals surface area contributed by atoms with Crippen LogP contribution in [-0.4, -0.2) is 29.9 Å². The number of non-ortho nitro benzene ring substituents is 1. The van der Waals surface area contributed by atoms with E-state index >= 15 is 0 Å². The minimum absolute atomic E-state index is 0.0161. The molecule has 4 rings (SSSR count). The van der Waals surface area contributed by atoms with Crippen molar-refractivity contribution < 1.29 is 13.7 Å². The number of halogens is 1. The molecule has 0 saturated carbocycles. The third-order valence-corrected chi connectivity index (χ3v) is 5.84. The Morgan fingerprint density at radius 2 is 1.79 bits per heavy atom. The van der Waals surface area contributed by atoms with Crippen molar-refractivity contribution in [2.75, 3.05) is 0 Å². The maximum Gasteiger partial charge on any atom is 0.269 e. The number of nitrogens with zero attached hydrogens (tertiary/aromatic N) is 6. The number of aromatic nitrogens is 5. The second-order valence-corrected chi connectivity index (χ2v) is 9.11. The van der Waals surface area contributed by atoms with Crippen LogP contribution in [0, 0.1) is 21.8 Å². The van der Waals surface area contributed by atoms with E-state index in [0.717, 1.165) is 0 Å². The van der Waals surface area contributed by atoms with Crippen molar-refractivity contribution in [2.45, 2.75) is 37.7 Å². The summed E-state index contributed by atoms with van der Waals surface area (Å²) in [5.41, 5.74) is 0.960. The van der Waals surface area contributed by atoms with Gasteiger partial charge in [0.15, 0.2) is 11.0 Å². The number of hydrogen-bond acceptors (Lipinski definition) is 8. The smallest absolute Gasteiger partial charge is 0.269 e. The Labute approximate surface area is 193 Å². The largest absolute Gasteiger partial charge is 0.419 e. The first-order chi connectivity index (χ1) is 15.8. The van der Waals surface area contributed by atoms with E-state index in [1.807, 2.05) is 11.5 Å². The standard InChI is InChI=1S/C22H21FN6O3S/c1-13(2)12-28-19(17-6-4-5-7-18(17)23)24-27-22(28)33-14(3)20-25-26-21(32-20)15-8-10-16(11-9-15)29(30)31/h4-11,13-14H,12H2,1-3H3/t14-/m0/s1. The highest BCUT2D eigenvalue weighted by molar-refractivity contribution is 7.99. The van der Waals surface area contributed by atoms with Crippen molar-refractivity contribution in [1.82, 2.24) is 25.0 Å². The van der Waals surface area contributed by atoms with Crippen LogP contribution >= 0.6 is 11.8 Å². The third-order valence-electron chi connectivity index (χ3n) is 4.77. The van der Waals surface area contributed by atoms with Gasteiger partial charge in [-0.15, -0.1) is 20.4 Å². The molecule has 0 unspecified atom stereocenters. The molecule has 11 heteroatoms. The quantitative estimate of drug-likeness (QED) is 0.188. The highest BCUT2D eigenvalue weighted by atomic mass is 32.2. The predicted octanol–water partition coefficient (Wildman–Crippen LogP) is 5.55. The molecule has 0 aliphatic heterocycles. The van der Waals surface area contributed by atoms with Gasteiger partial charge in [0, 0.05) is 24.2 Å². The second-order valence-electron chi connectivity index (χ2n) is 7.80. The average Bonchev–Trinajstić information content (AvgIpc) is 3.42. The van der Waals surface area contributed by atoms with Crippen molar-refractivity contribution >= 4 is 17.4 Å². The number of nitro benzene ring substituents is 1. The van der Waals surface area contributed by atoms with E-state index in [0.29, 0.717) is 40.5 Å². The Hall–Kier alpha value is -3.60. The predicted molar refractivity (Wildman–Crippen MR) is 121 cm³/mol. The lowest BCUT2D eigenvalue weighted by atomic mass is 10.2. The maximum absolute atomic E-state index is 14.4. The van der Waals surface area contributed by atoms with Gasteiger partial charge in [-0.3, -0.25) is 10.1 Å². The monoisotopic (exact) mass is 468 g/mol. The first kappa shape index (κ1) is 22.6. The zero-order chi connectivity index (χ0) is 23.5. The first-order valence-corrected chi connectivity index (χ1v) is 11.1. The van der Waals surface area contributed by atoms with Crippen LogP contribution in [0.5, 0.6) is 0 Å². The van der Waals surface area contributed by atoms with Crippen molar-refractivity contribution in [3.05, 3.63) is 70.4 Å². The van der Waals surface area contributed by atoms with Crippen LogP contribution in [-0.2, 0) is 6.54 Å². The summed E-state index contributed by atoms with van der Waals surface area (Å²) >= 11 is 1.38. The molecule has 0 aliphatic carbocycles. The highest BCUT2D eigenvalue weighted by Crippen LogP contribution is 2.36. The SMILES string of the molecule is CC(C)Cn1c(S[C@@H](C)c2nnc(-c3ccc([N+](=O)[O-])cc3)o2)nnc1-c1ccccc1F. The number of benzene rings is 2. The van der Waals surface area contributed by atoms with Gasteiger partial charge in [-0.1, -0.05) is 37.7 Å². The van der Waals surface area contributed by atoms with Gasteiger partial charge < -0.3 is 8.98 Å². The molecule has 170 valence electrons. The average molecular weight is 469 g/mol. The molecule has 4 aromatic rings. The van der Waals surface area contributed by atoms with E-state index in [1.165, 1.54) is 30.0 Å². The number of thioether (sulfide) groups is 1. The molecule has 0 radical (unpaired) electrons. The van der Waals surface area contributed by atoms with E-state index in [9.17, 15) is 14.5 Å². The molecule has 2 aromatic carbocycles. The van der Waals surface area contributed by atoms with Crippen molar-refractivity contribution in [3.8, 4) is 22.8 Å². The molecule has 0 N–H and O–H groups in total. The van der Waals surface area contributed by atoms with E-state index in [4.69, 9.17) is 4.42 Å². The number of rotatable bonds is 8. The summed E-state index contributed by atoms with van der Waals surface area (Å²) in [5, 5.41) is 27.9. The lowest BCUT2D eigenvalue weighted by Gasteiger charge is -2.14. The summed E-state index contributed by atoms with van der Waals surface area (Å²) in [4.78, 5) is 10.4. The maximum atomic E-state index is 14.4. The zero-order valence-electron chi connectivity index (χ0n) is 18.2. The van der Waals surface area contributed by atoms with Crippen LogP contribution in [0.2, 0.25) is 0 Å². The lowest BCUT2D eigenvalue weighted by molar-refractivity contribution is -0.384. The normalized spacial score (nSPS) is 12.3. The van der Waals surface area contributed by atoms with Gasteiger partial charge in [-0.25, -0.2) is 4.39 Å². The van der Waals surface area contributed by atoms with Crippen LogP contribution < -0.4 is 0 Å². The molecule has 33 heavy (non-hydrogen) atoms. The van der Waals surface area contributed by atoms with Gasteiger partial charge in [0.25, 0.3) is 5.69 Å². The fraction of sp³-hybridized carbons (Fsp3) is 0.273. The van der Waals surface area contributed by atoms with Gasteiger partial charge in [-0.05, 0) is 37.1 Å². The molecular formula is C22H21FN6O3S. The Balaban J connectivity index is 1.58. The minimum atomic E-state index is -0.468. The van der Waals surface area contributed by atoms with Gasteiger partial charge in [0.2, 0.25) is 11.8 Å². The van der Waals surface area contributed by atoms with Crippen molar-refractivity contribution in [1.29, 1.82) is 0 Å². The molecule has 0 bridgehead atoms. The molecule has 0 spiro atoms. The summed E-state index contributed by atoms with van der Waals surface area (Å²) in [6, 6.07) is 12.4. The van der Waals surface area contributed by atoms with Crippen molar-refractivity contribution in [3.63, 3.8) is 0 Å². The Morgan fingerprint density at radius 3 is 2.45 bits per heavy atom. The second kappa shape index (κ2) is 9.49. The van der Waals surface area contributed by atoms with E-state index in [1.54, 1.807) is 30.3 Å². The fourth-order valence-electron chi connectivity index (χ4n) is 3.20. The molecule has 0 fully saturated rings. The summed E-state index contributed by atoms with van der Waals surface area (Å²) in [6.07, 6.45) is 0. The Bertz CT molecular complexity index is 1270. The van der Waals surface area contributed by atoms with Crippen LogP contribution in [0.25, 0.3) is 22.8 Å². The first-order valence-electron chi connectivity index (χ1n) is 10.3. The summed E-state index contributed by atoms with van der Waals surface area (Å²) in [7, 11) is 0. The topological polar surface area (TPSA) is 113 Å². The number of hydrogen-bond donors (Lipinski definition) is 0. The summed E-state index contributed by atoms with van der Waals surface area (Å²) in [5.74, 6) is 1.04. The molecule has 1 atom stereocenters. The van der Waals surface area contributed by atoms with E-state index < -0.39 is 4.92 Å². The van der Waals surface area contributed by atoms with Crippen LogP contribution in [0.4, 0.5) is 10.1 Å². The summed E-state index contributed by atoms with van der Waals surface area (Å²) < 4.78 is 22.1. The lowest BCUT2D eigenvalue weighted by Crippen LogP contribution is -2.09. The van der Waals surface area contributed by atoms with Crippen LogP contribution in [0.15, 0.2) is 58.1 Å². The Kier molecular flexibility index (Phi) is 6.50. The molecule has 0 aliphatic rings. The molecule has 9 nitrogen and oxygen atoms in total. The number of nitro groups is 1. The van der Waals surface area contributed by atoms with Gasteiger partial charge in [0.05, 0.1) is 15.7 Å². The zero-order valence-corrected chi connectivity index (χ0v) is 19.0. The van der Waals surface area contributed by atoms with Gasteiger partial charge >= 0.3 is 0 Å². The fourth-order valence-corrected chi connectivity index (χ4v) is 4.09. The van der Waals surface area contributed by atoms with Crippen LogP contribution in [0.1, 0.15) is 31.9 Å². The summed E-state index contributed by atoms with van der Waals surface area (Å²) in [6.45, 7) is 6.65. The minimum Gasteiger partial charge on any atom is -0.419 e. The van der Waals surface area contributed by atoms with Gasteiger partial charge in [-0.2, -0.15) is 0 Å². The van der Waals surface area contributed by atoms with E-state index in [-0.39, 0.29) is 22.6 Å². The highest BCUT2D eigenvalue weighted by Gasteiger charge is 2.23. The van der Waals surface area contributed by atoms with Gasteiger partial charge in [0.1, 0.15) is 5.82 Å². The molecule has 2 heterocycles. The third kappa shape index (κ3) is 4.92. The molecule has 0 saturated heterocycles. The van der Waals surface area contributed by atoms with E-state index in [2.05, 4.69) is 34.2 Å². The molecule has 0 amide bonds. The Morgan fingerprint density at radius 1 is 1.06 bits per heavy atom. The van der Waals surface area contributed by atoms with Crippen molar-refractivity contribution in [2.24, 2.45) is 5.92 Å². The molecular weight excluding hydrogens is 447 g/mol. The molecule has 2 aromatic heterocycles.